The smallest absolute Gasteiger partial charge is 0.257 e. The van der Waals surface area contributed by atoms with Gasteiger partial charge in [-0.2, -0.15) is 0 Å². The molecule has 1 heterocycles. The Hall–Kier alpha value is -3.38. The lowest BCUT2D eigenvalue weighted by atomic mass is 10.1. The first-order valence-electron chi connectivity index (χ1n) is 10.3. The van der Waals surface area contributed by atoms with E-state index in [1.54, 1.807) is 19.2 Å². The van der Waals surface area contributed by atoms with Crippen molar-refractivity contribution in [3.63, 3.8) is 0 Å². The van der Waals surface area contributed by atoms with E-state index in [0.29, 0.717) is 40.8 Å². The first-order chi connectivity index (χ1) is 15.0. The molecule has 3 aromatic rings. The second-order valence-electron chi connectivity index (χ2n) is 7.12. The second kappa shape index (κ2) is 10.6. The first-order valence-corrected chi connectivity index (χ1v) is 10.3. The molecule has 0 aliphatic rings. The number of carbonyl (C=O) groups is 1. The van der Waals surface area contributed by atoms with Crippen LogP contribution in [0, 0.1) is 6.92 Å². The van der Waals surface area contributed by atoms with Crippen LogP contribution in [0.1, 0.15) is 48.1 Å². The summed E-state index contributed by atoms with van der Waals surface area (Å²) >= 11 is 0. The molecule has 1 unspecified atom stereocenters. The van der Waals surface area contributed by atoms with Gasteiger partial charge in [0.25, 0.3) is 5.91 Å². The summed E-state index contributed by atoms with van der Waals surface area (Å²) in [5.74, 6) is 1.60. The quantitative estimate of drug-likeness (QED) is 0.464. The first kappa shape index (κ1) is 22.3. The van der Waals surface area contributed by atoms with E-state index in [4.69, 9.17) is 14.2 Å². The predicted molar refractivity (Wildman–Crippen MR) is 121 cm³/mol. The van der Waals surface area contributed by atoms with Crippen LogP contribution < -0.4 is 14.8 Å². The fourth-order valence-electron chi connectivity index (χ4n) is 3.09. The van der Waals surface area contributed by atoms with Crippen LogP contribution in [0.5, 0.6) is 17.2 Å². The van der Waals surface area contributed by atoms with Crippen LogP contribution in [0.25, 0.3) is 0 Å². The number of aromatic nitrogens is 1. The van der Waals surface area contributed by atoms with Gasteiger partial charge in [-0.1, -0.05) is 25.1 Å². The van der Waals surface area contributed by atoms with E-state index in [1.165, 1.54) is 0 Å². The topological polar surface area (TPSA) is 69.7 Å². The van der Waals surface area contributed by atoms with Crippen LogP contribution in [-0.2, 0) is 4.74 Å². The number of carbonyl (C=O) groups excluding carboxylic acids is 1. The average Bonchev–Trinajstić information content (AvgIpc) is 2.78. The highest BCUT2D eigenvalue weighted by Crippen LogP contribution is 2.32. The van der Waals surface area contributed by atoms with Gasteiger partial charge < -0.3 is 19.5 Å². The molecular weight excluding hydrogens is 392 g/mol. The Morgan fingerprint density at radius 3 is 2.55 bits per heavy atom. The fraction of sp³-hybridized carbons (Fsp3) is 0.280. The number of nitrogens with zero attached hydrogens (tertiary/aromatic N) is 1. The Labute approximate surface area is 183 Å². The number of hydrogen-bond acceptors (Lipinski definition) is 5. The molecule has 6 heteroatoms. The number of anilines is 1. The largest absolute Gasteiger partial charge is 0.493 e. The van der Waals surface area contributed by atoms with Crippen LogP contribution in [0.15, 0.2) is 60.7 Å². The normalized spacial score (nSPS) is 11.6. The van der Waals surface area contributed by atoms with Crippen molar-refractivity contribution in [2.75, 3.05) is 19.0 Å². The van der Waals surface area contributed by atoms with Crippen molar-refractivity contribution < 1.29 is 19.0 Å². The van der Waals surface area contributed by atoms with Crippen molar-refractivity contribution in [2.24, 2.45) is 0 Å². The maximum Gasteiger partial charge on any atom is 0.257 e. The molecule has 0 aliphatic heterocycles. The number of pyridine rings is 1. The van der Waals surface area contributed by atoms with Crippen molar-refractivity contribution in [2.45, 2.75) is 33.3 Å². The molecule has 0 fully saturated rings. The maximum atomic E-state index is 12.8. The number of nitrogens with one attached hydrogen (secondary N) is 1. The summed E-state index contributed by atoms with van der Waals surface area (Å²) in [6.45, 7) is 6.53. The molecule has 162 valence electrons. The van der Waals surface area contributed by atoms with E-state index in [-0.39, 0.29) is 12.0 Å². The van der Waals surface area contributed by atoms with Crippen LogP contribution in [-0.4, -0.2) is 24.6 Å². The summed E-state index contributed by atoms with van der Waals surface area (Å²) < 4.78 is 17.0. The van der Waals surface area contributed by atoms with Crippen molar-refractivity contribution in [1.82, 2.24) is 4.98 Å². The third-order valence-corrected chi connectivity index (χ3v) is 4.73. The molecule has 0 bridgehead atoms. The summed E-state index contributed by atoms with van der Waals surface area (Å²) in [5.41, 5.74) is 2.61. The minimum Gasteiger partial charge on any atom is -0.493 e. The Bertz CT molecular complexity index is 1040. The Morgan fingerprint density at radius 1 is 1.06 bits per heavy atom. The molecule has 1 atom stereocenters. The highest BCUT2D eigenvalue weighted by atomic mass is 16.5. The van der Waals surface area contributed by atoms with Crippen molar-refractivity contribution in [3.8, 4) is 17.2 Å². The highest BCUT2D eigenvalue weighted by Gasteiger charge is 2.14. The van der Waals surface area contributed by atoms with Crippen molar-refractivity contribution >= 4 is 11.6 Å². The number of para-hydroxylation sites is 2. The van der Waals surface area contributed by atoms with E-state index >= 15 is 0 Å². The van der Waals surface area contributed by atoms with Crippen LogP contribution in [0.2, 0.25) is 0 Å². The van der Waals surface area contributed by atoms with Gasteiger partial charge in [0.1, 0.15) is 5.75 Å². The lowest BCUT2D eigenvalue weighted by Crippen LogP contribution is -2.15. The molecule has 2 aromatic carbocycles. The molecule has 0 spiro atoms. The monoisotopic (exact) mass is 420 g/mol. The zero-order chi connectivity index (χ0) is 22.2. The van der Waals surface area contributed by atoms with Gasteiger partial charge in [-0.15, -0.1) is 0 Å². The standard InChI is InChI=1S/C25H28N2O4/c1-5-15-30-18(3)22-14-13-21(17(2)26-22)25(28)27-19-9-8-10-20(16-19)31-24-12-7-6-11-23(24)29-4/h6-14,16,18H,5,15H2,1-4H3,(H,27,28). The molecule has 6 nitrogen and oxygen atoms in total. The van der Waals surface area contributed by atoms with Gasteiger partial charge >= 0.3 is 0 Å². The lowest BCUT2D eigenvalue weighted by Gasteiger charge is -2.14. The molecule has 0 saturated heterocycles. The van der Waals surface area contributed by atoms with E-state index in [0.717, 1.165) is 12.1 Å². The molecule has 1 aromatic heterocycles. The Balaban J connectivity index is 1.71. The van der Waals surface area contributed by atoms with Crippen LogP contribution >= 0.6 is 0 Å². The molecule has 1 amide bonds. The van der Waals surface area contributed by atoms with Crippen LogP contribution in [0.4, 0.5) is 5.69 Å². The zero-order valence-electron chi connectivity index (χ0n) is 18.3. The highest BCUT2D eigenvalue weighted by molar-refractivity contribution is 6.05. The Kier molecular flexibility index (Phi) is 7.62. The minimum atomic E-state index is -0.229. The summed E-state index contributed by atoms with van der Waals surface area (Å²) in [7, 11) is 1.59. The Morgan fingerprint density at radius 2 is 1.84 bits per heavy atom. The molecule has 3 rings (SSSR count). The number of benzene rings is 2. The molecule has 31 heavy (non-hydrogen) atoms. The summed E-state index contributed by atoms with van der Waals surface area (Å²) in [4.78, 5) is 17.4. The van der Waals surface area contributed by atoms with E-state index in [2.05, 4.69) is 17.2 Å². The number of aryl methyl sites for hydroxylation is 1. The van der Waals surface area contributed by atoms with Crippen molar-refractivity contribution in [3.05, 3.63) is 77.6 Å². The van der Waals surface area contributed by atoms with Gasteiger partial charge in [0.2, 0.25) is 0 Å². The third-order valence-electron chi connectivity index (χ3n) is 4.73. The van der Waals surface area contributed by atoms with E-state index in [1.807, 2.05) is 62.4 Å². The minimum absolute atomic E-state index is 0.112. The van der Waals surface area contributed by atoms with Gasteiger partial charge in [-0.25, -0.2) is 0 Å². The molecule has 0 aliphatic carbocycles. The second-order valence-corrected chi connectivity index (χ2v) is 7.12. The summed E-state index contributed by atoms with van der Waals surface area (Å²) in [6, 6.07) is 18.2. The van der Waals surface area contributed by atoms with E-state index in [9.17, 15) is 4.79 Å². The van der Waals surface area contributed by atoms with Crippen molar-refractivity contribution in [1.29, 1.82) is 0 Å². The molecular formula is C25H28N2O4. The van der Waals surface area contributed by atoms with Gasteiger partial charge in [0, 0.05) is 18.4 Å². The average molecular weight is 421 g/mol. The number of hydrogen-bond donors (Lipinski definition) is 1. The number of rotatable bonds is 9. The van der Waals surface area contributed by atoms with Gasteiger partial charge in [0.15, 0.2) is 11.5 Å². The lowest BCUT2D eigenvalue weighted by molar-refractivity contribution is 0.0632. The maximum absolute atomic E-state index is 12.8. The molecule has 0 radical (unpaired) electrons. The third kappa shape index (κ3) is 5.83. The van der Waals surface area contributed by atoms with E-state index < -0.39 is 0 Å². The van der Waals surface area contributed by atoms with Gasteiger partial charge in [0.05, 0.1) is 30.2 Å². The predicted octanol–water partition coefficient (Wildman–Crippen LogP) is 5.93. The number of amides is 1. The number of methoxy groups -OCH3 is 1. The SMILES string of the molecule is CCCOC(C)c1ccc(C(=O)Nc2cccc(Oc3ccccc3OC)c2)c(C)n1. The zero-order valence-corrected chi connectivity index (χ0v) is 18.3. The number of ether oxygens (including phenoxy) is 3. The molecule has 0 saturated carbocycles. The van der Waals surface area contributed by atoms with Gasteiger partial charge in [-0.05, 0) is 56.7 Å². The summed E-state index contributed by atoms with van der Waals surface area (Å²) in [6.07, 6.45) is 0.837. The van der Waals surface area contributed by atoms with Gasteiger partial charge in [-0.3, -0.25) is 9.78 Å². The molecule has 1 N–H and O–H groups in total. The fourth-order valence-corrected chi connectivity index (χ4v) is 3.09. The summed E-state index contributed by atoms with van der Waals surface area (Å²) in [5, 5.41) is 2.92. The van der Waals surface area contributed by atoms with Crippen LogP contribution in [0.3, 0.4) is 0 Å².